The van der Waals surface area contributed by atoms with E-state index in [0.717, 1.165) is 29.7 Å². The van der Waals surface area contributed by atoms with Crippen molar-refractivity contribution in [1.82, 2.24) is 0 Å². The van der Waals surface area contributed by atoms with E-state index >= 15 is 0 Å². The molecule has 0 aromatic heterocycles. The van der Waals surface area contributed by atoms with Crippen LogP contribution in [0.4, 0.5) is 0 Å². The molecular weight excluding hydrogens is 252 g/mol. The molecule has 1 rings (SSSR count). The van der Waals surface area contributed by atoms with Gasteiger partial charge in [0.2, 0.25) is 0 Å². The van der Waals surface area contributed by atoms with Gasteiger partial charge in [0.1, 0.15) is 5.75 Å². The lowest BCUT2D eigenvalue weighted by molar-refractivity contribution is -0.137. The molecule has 0 radical (unpaired) electrons. The Morgan fingerprint density at radius 2 is 2.00 bits per heavy atom. The fourth-order valence-corrected chi connectivity index (χ4v) is 2.19. The molecule has 0 amide bonds. The zero-order valence-electron chi connectivity index (χ0n) is 10.8. The minimum atomic E-state index is -0.742. The second kappa shape index (κ2) is 7.27. The number of carbonyl (C=O) groups is 1. The monoisotopic (exact) mass is 270 g/mol. The zero-order chi connectivity index (χ0) is 13.5. The van der Waals surface area contributed by atoms with Gasteiger partial charge in [-0.15, -0.1) is 0 Å². The minimum Gasteiger partial charge on any atom is -0.492 e. The largest absolute Gasteiger partial charge is 0.492 e. The standard InChI is InChI=1S/C14H19ClO3/c1-10-8-11(2)14(12(15)9-10)18-7-5-3-4-6-13(16)17/h8-9H,3-7H2,1-2H3,(H,16,17). The average molecular weight is 271 g/mol. The molecule has 0 saturated carbocycles. The van der Waals surface area contributed by atoms with Crippen molar-refractivity contribution in [3.63, 3.8) is 0 Å². The molecule has 0 fully saturated rings. The Labute approximate surface area is 113 Å². The van der Waals surface area contributed by atoms with Gasteiger partial charge in [-0.1, -0.05) is 17.7 Å². The summed E-state index contributed by atoms with van der Waals surface area (Å²) in [7, 11) is 0. The Morgan fingerprint density at radius 1 is 1.28 bits per heavy atom. The fourth-order valence-electron chi connectivity index (χ4n) is 1.81. The van der Waals surface area contributed by atoms with Crippen LogP contribution in [0.5, 0.6) is 5.75 Å². The molecule has 1 N–H and O–H groups in total. The number of benzene rings is 1. The average Bonchev–Trinajstić information content (AvgIpc) is 2.25. The van der Waals surface area contributed by atoms with Crippen molar-refractivity contribution in [1.29, 1.82) is 0 Å². The van der Waals surface area contributed by atoms with Crippen molar-refractivity contribution in [3.05, 3.63) is 28.3 Å². The van der Waals surface area contributed by atoms with Crippen molar-refractivity contribution < 1.29 is 14.6 Å². The van der Waals surface area contributed by atoms with Crippen LogP contribution < -0.4 is 4.74 Å². The molecule has 0 aliphatic heterocycles. The van der Waals surface area contributed by atoms with Crippen LogP contribution in [0, 0.1) is 13.8 Å². The summed E-state index contributed by atoms with van der Waals surface area (Å²) in [5.74, 6) is -0.00570. The highest BCUT2D eigenvalue weighted by Gasteiger charge is 2.06. The summed E-state index contributed by atoms with van der Waals surface area (Å²) < 4.78 is 5.65. The molecule has 0 atom stereocenters. The smallest absolute Gasteiger partial charge is 0.303 e. The Kier molecular flexibility index (Phi) is 5.99. The topological polar surface area (TPSA) is 46.5 Å². The van der Waals surface area contributed by atoms with Gasteiger partial charge in [-0.3, -0.25) is 4.79 Å². The van der Waals surface area contributed by atoms with Gasteiger partial charge in [-0.25, -0.2) is 0 Å². The van der Waals surface area contributed by atoms with E-state index in [1.807, 2.05) is 26.0 Å². The van der Waals surface area contributed by atoms with Crippen LogP contribution in [0.3, 0.4) is 0 Å². The number of aliphatic carboxylic acids is 1. The van der Waals surface area contributed by atoms with Crippen molar-refractivity contribution >= 4 is 17.6 Å². The number of hydrogen-bond acceptors (Lipinski definition) is 2. The van der Waals surface area contributed by atoms with Crippen molar-refractivity contribution in [2.24, 2.45) is 0 Å². The molecule has 1 aromatic rings. The van der Waals surface area contributed by atoms with Gasteiger partial charge in [-0.05, 0) is 50.3 Å². The highest BCUT2D eigenvalue weighted by atomic mass is 35.5. The molecule has 0 spiro atoms. The summed E-state index contributed by atoms with van der Waals surface area (Å²) >= 11 is 6.11. The van der Waals surface area contributed by atoms with E-state index in [1.165, 1.54) is 0 Å². The normalized spacial score (nSPS) is 10.4. The summed E-state index contributed by atoms with van der Waals surface area (Å²) in [6.45, 7) is 4.54. The number of rotatable bonds is 7. The van der Waals surface area contributed by atoms with Crippen LogP contribution in [-0.2, 0) is 4.79 Å². The first kappa shape index (κ1) is 14.8. The van der Waals surface area contributed by atoms with E-state index in [-0.39, 0.29) is 6.42 Å². The van der Waals surface area contributed by atoms with E-state index in [1.54, 1.807) is 0 Å². The van der Waals surface area contributed by atoms with Crippen LogP contribution >= 0.6 is 11.6 Å². The number of unbranched alkanes of at least 4 members (excludes halogenated alkanes) is 2. The molecule has 0 heterocycles. The Bertz CT molecular complexity index is 392. The van der Waals surface area contributed by atoms with Crippen LogP contribution in [0.25, 0.3) is 0 Å². The van der Waals surface area contributed by atoms with Crippen LogP contribution in [0.1, 0.15) is 36.8 Å². The number of halogens is 1. The molecular formula is C14H19ClO3. The second-order valence-corrected chi connectivity index (χ2v) is 4.85. The van der Waals surface area contributed by atoms with Crippen LogP contribution in [0.15, 0.2) is 12.1 Å². The maximum atomic E-state index is 10.3. The van der Waals surface area contributed by atoms with Gasteiger partial charge >= 0.3 is 5.97 Å². The molecule has 3 nitrogen and oxygen atoms in total. The number of ether oxygens (including phenoxy) is 1. The third-order valence-corrected chi connectivity index (χ3v) is 2.94. The maximum Gasteiger partial charge on any atom is 0.303 e. The predicted molar refractivity (Wildman–Crippen MR) is 72.5 cm³/mol. The first-order chi connectivity index (χ1) is 8.50. The Morgan fingerprint density at radius 3 is 2.61 bits per heavy atom. The van der Waals surface area contributed by atoms with Crippen LogP contribution in [-0.4, -0.2) is 17.7 Å². The molecule has 4 heteroatoms. The van der Waals surface area contributed by atoms with Gasteiger partial charge in [0.25, 0.3) is 0 Å². The maximum absolute atomic E-state index is 10.3. The van der Waals surface area contributed by atoms with E-state index in [4.69, 9.17) is 21.4 Å². The Balaban J connectivity index is 2.33. The SMILES string of the molecule is Cc1cc(C)c(OCCCCCC(=O)O)c(Cl)c1. The summed E-state index contributed by atoms with van der Waals surface area (Å²) in [5, 5.41) is 9.14. The van der Waals surface area contributed by atoms with E-state index in [9.17, 15) is 4.79 Å². The third kappa shape index (κ3) is 4.96. The second-order valence-electron chi connectivity index (χ2n) is 4.45. The summed E-state index contributed by atoms with van der Waals surface area (Å²) in [6, 6.07) is 3.92. The molecule has 1 aromatic carbocycles. The molecule has 0 aliphatic rings. The third-order valence-electron chi connectivity index (χ3n) is 2.66. The lowest BCUT2D eigenvalue weighted by Crippen LogP contribution is -2.01. The molecule has 0 bridgehead atoms. The minimum absolute atomic E-state index is 0.227. The van der Waals surface area contributed by atoms with Gasteiger partial charge in [0, 0.05) is 6.42 Å². The summed E-state index contributed by atoms with van der Waals surface area (Å²) in [6.07, 6.45) is 2.62. The fraction of sp³-hybridized carbons (Fsp3) is 0.500. The van der Waals surface area contributed by atoms with Crippen LogP contribution in [0.2, 0.25) is 5.02 Å². The van der Waals surface area contributed by atoms with E-state index < -0.39 is 5.97 Å². The quantitative estimate of drug-likeness (QED) is 0.762. The van der Waals surface area contributed by atoms with Gasteiger partial charge in [-0.2, -0.15) is 0 Å². The number of aryl methyl sites for hydroxylation is 2. The molecule has 18 heavy (non-hydrogen) atoms. The molecule has 100 valence electrons. The first-order valence-electron chi connectivity index (χ1n) is 6.12. The number of carboxylic acid groups (broad SMARTS) is 1. The number of carboxylic acids is 1. The van der Waals surface area contributed by atoms with Crippen molar-refractivity contribution in [2.75, 3.05) is 6.61 Å². The zero-order valence-corrected chi connectivity index (χ0v) is 11.6. The lowest BCUT2D eigenvalue weighted by atomic mass is 10.1. The highest BCUT2D eigenvalue weighted by molar-refractivity contribution is 6.32. The highest BCUT2D eigenvalue weighted by Crippen LogP contribution is 2.29. The van der Waals surface area contributed by atoms with E-state index in [2.05, 4.69) is 0 Å². The van der Waals surface area contributed by atoms with Crippen molar-refractivity contribution in [2.45, 2.75) is 39.5 Å². The molecule has 0 saturated heterocycles. The number of hydrogen-bond donors (Lipinski definition) is 1. The molecule has 0 aliphatic carbocycles. The van der Waals surface area contributed by atoms with E-state index in [0.29, 0.717) is 18.1 Å². The summed E-state index contributed by atoms with van der Waals surface area (Å²) in [5.41, 5.74) is 2.15. The van der Waals surface area contributed by atoms with Gasteiger partial charge in [0.05, 0.1) is 11.6 Å². The lowest BCUT2D eigenvalue weighted by Gasteiger charge is -2.11. The van der Waals surface area contributed by atoms with Crippen molar-refractivity contribution in [3.8, 4) is 5.75 Å². The Hall–Kier alpha value is -1.22. The molecule has 0 unspecified atom stereocenters. The van der Waals surface area contributed by atoms with Gasteiger partial charge < -0.3 is 9.84 Å². The summed E-state index contributed by atoms with van der Waals surface area (Å²) in [4.78, 5) is 10.3. The predicted octanol–water partition coefficient (Wildman–Crippen LogP) is 3.98. The first-order valence-corrected chi connectivity index (χ1v) is 6.50. The van der Waals surface area contributed by atoms with Gasteiger partial charge in [0.15, 0.2) is 0 Å².